The highest BCUT2D eigenvalue weighted by Crippen LogP contribution is 2.47. The van der Waals surface area contributed by atoms with Gasteiger partial charge < -0.3 is 4.90 Å². The summed E-state index contributed by atoms with van der Waals surface area (Å²) in [6, 6.07) is 10.5. The summed E-state index contributed by atoms with van der Waals surface area (Å²) in [7, 11) is 0. The molecule has 2 heterocycles. The molecule has 1 aromatic carbocycles. The van der Waals surface area contributed by atoms with Crippen LogP contribution in [0.15, 0.2) is 30.3 Å². The van der Waals surface area contributed by atoms with Crippen molar-refractivity contribution in [2.75, 3.05) is 13.1 Å². The smallest absolute Gasteiger partial charge is 0.233 e. The Hall–Kier alpha value is -1.31. The Kier molecular flexibility index (Phi) is 3.59. The number of carbonyl (C=O) groups is 1. The molecule has 0 aromatic heterocycles. The Balaban J connectivity index is 2.06. The van der Waals surface area contributed by atoms with E-state index in [-0.39, 0.29) is 10.8 Å². The minimum atomic E-state index is -0.270. The molecule has 2 aliphatic heterocycles. The summed E-state index contributed by atoms with van der Waals surface area (Å²) in [4.78, 5) is 15.3. The van der Waals surface area contributed by atoms with Crippen LogP contribution in [0.1, 0.15) is 52.0 Å². The molecule has 0 N–H and O–H groups in total. The zero-order valence-corrected chi connectivity index (χ0v) is 13.6. The number of carbonyl (C=O) groups excluding carboxylic acids is 1. The van der Waals surface area contributed by atoms with Crippen molar-refractivity contribution in [3.63, 3.8) is 0 Å². The predicted octanol–water partition coefficient (Wildman–Crippen LogP) is 4.00. The molecule has 2 atom stereocenters. The molecule has 0 unspecified atom stereocenters. The number of piperidine rings is 1. The fourth-order valence-electron chi connectivity index (χ4n) is 4.20. The van der Waals surface area contributed by atoms with E-state index in [2.05, 4.69) is 49.9 Å². The van der Waals surface area contributed by atoms with Crippen molar-refractivity contribution in [2.45, 2.75) is 51.9 Å². The summed E-state index contributed by atoms with van der Waals surface area (Å²) in [6.45, 7) is 8.86. The second kappa shape index (κ2) is 5.15. The molecule has 114 valence electrons. The fraction of sp³-hybridized carbons (Fsp3) is 0.632. The number of nitrogens with zero attached hydrogens (tertiary/aromatic N) is 1. The highest BCUT2D eigenvalue weighted by molar-refractivity contribution is 5.89. The van der Waals surface area contributed by atoms with Crippen molar-refractivity contribution in [3.8, 4) is 0 Å². The van der Waals surface area contributed by atoms with Gasteiger partial charge in [-0.25, -0.2) is 0 Å². The van der Waals surface area contributed by atoms with Crippen LogP contribution in [0.4, 0.5) is 0 Å². The number of hydrogen-bond donors (Lipinski definition) is 0. The number of amides is 1. The van der Waals surface area contributed by atoms with Gasteiger partial charge in [0.1, 0.15) is 0 Å². The molecule has 3 rings (SSSR count). The van der Waals surface area contributed by atoms with Gasteiger partial charge in [-0.1, -0.05) is 51.1 Å². The van der Waals surface area contributed by atoms with E-state index in [1.165, 1.54) is 5.56 Å². The van der Waals surface area contributed by atoms with Crippen LogP contribution in [-0.4, -0.2) is 23.9 Å². The van der Waals surface area contributed by atoms with E-state index in [4.69, 9.17) is 0 Å². The van der Waals surface area contributed by atoms with Crippen LogP contribution in [0.25, 0.3) is 0 Å². The van der Waals surface area contributed by atoms with Gasteiger partial charge in [0, 0.05) is 13.1 Å². The Morgan fingerprint density at radius 3 is 2.52 bits per heavy atom. The first-order valence-electron chi connectivity index (χ1n) is 8.28. The summed E-state index contributed by atoms with van der Waals surface area (Å²) in [5.41, 5.74) is 1.23. The lowest BCUT2D eigenvalue weighted by atomic mass is 9.64. The number of hydrogen-bond acceptors (Lipinski definition) is 1. The second-order valence-corrected chi connectivity index (χ2v) is 7.90. The van der Waals surface area contributed by atoms with Crippen LogP contribution in [0.5, 0.6) is 0 Å². The Morgan fingerprint density at radius 1 is 1.14 bits per heavy atom. The molecule has 2 saturated heterocycles. The van der Waals surface area contributed by atoms with Gasteiger partial charge in [-0.05, 0) is 42.6 Å². The molecule has 0 radical (unpaired) electrons. The van der Waals surface area contributed by atoms with Gasteiger partial charge in [0.15, 0.2) is 0 Å². The van der Waals surface area contributed by atoms with Crippen molar-refractivity contribution < 1.29 is 4.79 Å². The summed E-state index contributed by atoms with van der Waals surface area (Å²) in [6.07, 6.45) is 4.30. The first-order valence-corrected chi connectivity index (χ1v) is 8.28. The molecule has 2 bridgehead atoms. The van der Waals surface area contributed by atoms with Crippen molar-refractivity contribution in [1.82, 2.24) is 4.90 Å². The zero-order valence-electron chi connectivity index (χ0n) is 13.6. The van der Waals surface area contributed by atoms with E-state index in [1.807, 2.05) is 6.07 Å². The minimum Gasteiger partial charge on any atom is -0.342 e. The quantitative estimate of drug-likeness (QED) is 0.763. The van der Waals surface area contributed by atoms with Crippen molar-refractivity contribution >= 4 is 5.91 Å². The summed E-state index contributed by atoms with van der Waals surface area (Å²) >= 11 is 0. The van der Waals surface area contributed by atoms with Crippen LogP contribution in [0.3, 0.4) is 0 Å². The Labute approximate surface area is 128 Å². The first-order chi connectivity index (χ1) is 9.93. The fourth-order valence-corrected chi connectivity index (χ4v) is 4.20. The van der Waals surface area contributed by atoms with Crippen LogP contribution < -0.4 is 0 Å². The SMILES string of the molecule is CC(C)(C)[C@H]1CCN2CCC[C@](c3ccccc3)(C1)C2=O. The molecular weight excluding hydrogens is 258 g/mol. The molecule has 21 heavy (non-hydrogen) atoms. The van der Waals surface area contributed by atoms with E-state index in [0.29, 0.717) is 11.8 Å². The molecule has 0 spiro atoms. The molecular formula is C19H27NO. The monoisotopic (exact) mass is 285 g/mol. The average molecular weight is 285 g/mol. The number of benzene rings is 1. The Morgan fingerprint density at radius 2 is 1.86 bits per heavy atom. The summed E-state index contributed by atoms with van der Waals surface area (Å²) < 4.78 is 0. The molecule has 0 aliphatic carbocycles. The highest BCUT2D eigenvalue weighted by Gasteiger charge is 2.49. The number of fused-ring (bicyclic) bond motifs is 2. The molecule has 1 aromatic rings. The molecule has 0 saturated carbocycles. The van der Waals surface area contributed by atoms with Crippen LogP contribution in [-0.2, 0) is 10.2 Å². The maximum absolute atomic E-state index is 13.1. The van der Waals surface area contributed by atoms with Crippen molar-refractivity contribution in [1.29, 1.82) is 0 Å². The normalized spacial score (nSPS) is 30.1. The molecule has 2 fully saturated rings. The van der Waals surface area contributed by atoms with Crippen molar-refractivity contribution in [3.05, 3.63) is 35.9 Å². The average Bonchev–Trinajstić information content (AvgIpc) is 2.54. The van der Waals surface area contributed by atoms with E-state index >= 15 is 0 Å². The third-order valence-electron chi connectivity index (χ3n) is 5.62. The maximum atomic E-state index is 13.1. The molecule has 2 aliphatic rings. The topological polar surface area (TPSA) is 20.3 Å². The van der Waals surface area contributed by atoms with Crippen LogP contribution in [0, 0.1) is 11.3 Å². The molecule has 2 heteroatoms. The number of rotatable bonds is 1. The predicted molar refractivity (Wildman–Crippen MR) is 86.1 cm³/mol. The van der Waals surface area contributed by atoms with Gasteiger partial charge >= 0.3 is 0 Å². The first kappa shape index (κ1) is 14.6. The zero-order chi connectivity index (χ0) is 15.1. The largest absolute Gasteiger partial charge is 0.342 e. The lowest BCUT2D eigenvalue weighted by Crippen LogP contribution is -2.50. The van der Waals surface area contributed by atoms with E-state index in [1.54, 1.807) is 0 Å². The van der Waals surface area contributed by atoms with Gasteiger partial charge in [-0.2, -0.15) is 0 Å². The van der Waals surface area contributed by atoms with E-state index in [9.17, 15) is 4.79 Å². The van der Waals surface area contributed by atoms with Gasteiger partial charge in [0.25, 0.3) is 0 Å². The van der Waals surface area contributed by atoms with Crippen LogP contribution >= 0.6 is 0 Å². The van der Waals surface area contributed by atoms with E-state index < -0.39 is 0 Å². The summed E-state index contributed by atoms with van der Waals surface area (Å²) in [5, 5.41) is 0. The van der Waals surface area contributed by atoms with Gasteiger partial charge in [-0.15, -0.1) is 0 Å². The lowest BCUT2D eigenvalue weighted by molar-refractivity contribution is -0.140. The Bertz CT molecular complexity index is 516. The standard InChI is InChI=1S/C19H27NO/c1-18(2,3)16-10-13-20-12-7-11-19(14-16,17(20)21)15-8-5-4-6-9-15/h4-6,8-9,16H,7,10-14H2,1-3H3/t16-,19+/m0/s1. The highest BCUT2D eigenvalue weighted by atomic mass is 16.2. The second-order valence-electron chi connectivity index (χ2n) is 7.90. The van der Waals surface area contributed by atoms with Crippen LogP contribution in [0.2, 0.25) is 0 Å². The third-order valence-corrected chi connectivity index (χ3v) is 5.62. The van der Waals surface area contributed by atoms with Gasteiger partial charge in [0.05, 0.1) is 5.41 Å². The maximum Gasteiger partial charge on any atom is 0.233 e. The molecule has 1 amide bonds. The third kappa shape index (κ3) is 2.49. The summed E-state index contributed by atoms with van der Waals surface area (Å²) in [5.74, 6) is 0.983. The van der Waals surface area contributed by atoms with Gasteiger partial charge in [-0.3, -0.25) is 4.79 Å². The minimum absolute atomic E-state index is 0.265. The molecule has 2 nitrogen and oxygen atoms in total. The van der Waals surface area contributed by atoms with E-state index in [0.717, 1.165) is 38.8 Å². The lowest BCUT2D eigenvalue weighted by Gasteiger charge is -2.42. The van der Waals surface area contributed by atoms with Crippen molar-refractivity contribution in [2.24, 2.45) is 11.3 Å². The van der Waals surface area contributed by atoms with Gasteiger partial charge in [0.2, 0.25) is 5.91 Å².